The summed E-state index contributed by atoms with van der Waals surface area (Å²) in [6, 6.07) is 1.28. The Labute approximate surface area is 222 Å². The molecule has 0 unspecified atom stereocenters. The molecule has 1 N–H and O–H groups in total. The van der Waals surface area contributed by atoms with Crippen molar-refractivity contribution < 1.29 is 27.4 Å². The van der Waals surface area contributed by atoms with Crippen molar-refractivity contribution in [1.82, 2.24) is 29.7 Å². The molecule has 3 atom stereocenters. The number of nitrogens with one attached hydrogen (secondary N) is 1. The van der Waals surface area contributed by atoms with Crippen molar-refractivity contribution in [2.45, 2.75) is 58.1 Å². The predicted octanol–water partition coefficient (Wildman–Crippen LogP) is 2.71. The number of sulfonamides is 1. The molecule has 1 aliphatic heterocycles. The van der Waals surface area contributed by atoms with Crippen molar-refractivity contribution in [3.05, 3.63) is 36.0 Å². The molecule has 0 aromatic carbocycles. The minimum Gasteiger partial charge on any atom is -0.485 e. The molecule has 4 rings (SSSR count). The number of ether oxygens (including phenoxy) is 4. The third kappa shape index (κ3) is 5.71. The summed E-state index contributed by atoms with van der Waals surface area (Å²) in [5, 5.41) is 7.44. The van der Waals surface area contributed by atoms with Gasteiger partial charge < -0.3 is 18.9 Å². The van der Waals surface area contributed by atoms with Crippen LogP contribution in [0.25, 0.3) is 11.4 Å². The third-order valence-electron chi connectivity index (χ3n) is 5.86. The smallest absolute Gasteiger partial charge is 0.257 e. The van der Waals surface area contributed by atoms with Crippen molar-refractivity contribution in [3.63, 3.8) is 0 Å². The Morgan fingerprint density at radius 1 is 1.18 bits per heavy atom. The summed E-state index contributed by atoms with van der Waals surface area (Å²) in [7, 11) is -2.51. The largest absolute Gasteiger partial charge is 0.485 e. The maximum Gasteiger partial charge on any atom is 0.257 e. The van der Waals surface area contributed by atoms with Crippen molar-refractivity contribution in [2.24, 2.45) is 0 Å². The highest BCUT2D eigenvalue weighted by atomic mass is 32.2. The normalized spacial score (nSPS) is 16.7. The average molecular weight is 548 g/mol. The van der Waals surface area contributed by atoms with Crippen LogP contribution in [-0.2, 0) is 19.5 Å². The molecule has 0 saturated heterocycles. The van der Waals surface area contributed by atoms with Crippen LogP contribution < -0.4 is 14.2 Å². The van der Waals surface area contributed by atoms with E-state index in [2.05, 4.69) is 29.9 Å². The summed E-state index contributed by atoms with van der Waals surface area (Å²) in [6.07, 6.45) is 3.65. The molecule has 0 saturated carbocycles. The molecule has 0 spiro atoms. The van der Waals surface area contributed by atoms with Crippen LogP contribution in [-0.4, -0.2) is 76.4 Å². The van der Waals surface area contributed by atoms with Gasteiger partial charge in [-0.3, -0.25) is 9.29 Å². The number of rotatable bonds is 11. The molecular weight excluding hydrogens is 514 g/mol. The first kappa shape index (κ1) is 27.7. The van der Waals surface area contributed by atoms with E-state index in [0.717, 1.165) is 5.56 Å². The van der Waals surface area contributed by atoms with Crippen LogP contribution in [0.2, 0.25) is 0 Å². The van der Waals surface area contributed by atoms with Gasteiger partial charge in [-0.15, -0.1) is 10.2 Å². The van der Waals surface area contributed by atoms with E-state index in [9.17, 15) is 8.42 Å². The van der Waals surface area contributed by atoms with Crippen LogP contribution in [0.4, 0.5) is 5.95 Å². The van der Waals surface area contributed by atoms with Crippen LogP contribution in [0.3, 0.4) is 0 Å². The Morgan fingerprint density at radius 3 is 2.58 bits per heavy atom. The Morgan fingerprint density at radius 2 is 1.92 bits per heavy atom. The molecule has 0 radical (unpaired) electrons. The molecule has 3 aromatic heterocycles. The van der Waals surface area contributed by atoms with E-state index in [1.165, 1.54) is 0 Å². The highest BCUT2D eigenvalue weighted by molar-refractivity contribution is 7.93. The summed E-state index contributed by atoms with van der Waals surface area (Å²) in [5.41, 5.74) is 1.42. The van der Waals surface area contributed by atoms with E-state index in [4.69, 9.17) is 18.9 Å². The molecule has 14 heteroatoms. The van der Waals surface area contributed by atoms with E-state index >= 15 is 0 Å². The van der Waals surface area contributed by atoms with Gasteiger partial charge in [0.25, 0.3) is 5.88 Å². The fourth-order valence-corrected chi connectivity index (χ4v) is 5.14. The first-order valence-electron chi connectivity index (χ1n) is 12.3. The highest BCUT2D eigenvalue weighted by Gasteiger charge is 2.37. The molecule has 0 aliphatic carbocycles. The van der Waals surface area contributed by atoms with Crippen molar-refractivity contribution in [2.75, 3.05) is 31.7 Å². The van der Waals surface area contributed by atoms with Crippen LogP contribution in [0.15, 0.2) is 24.7 Å². The molecule has 0 amide bonds. The van der Waals surface area contributed by atoms with E-state index in [0.29, 0.717) is 29.6 Å². The lowest BCUT2D eigenvalue weighted by atomic mass is 10.2. The maximum absolute atomic E-state index is 13.7. The second-order valence-corrected chi connectivity index (χ2v) is 11.2. The monoisotopic (exact) mass is 547 g/mol. The summed E-state index contributed by atoms with van der Waals surface area (Å²) in [5.74, 6) is 1.42. The number of nitrogens with zero attached hydrogens (tertiary/aromatic N) is 6. The van der Waals surface area contributed by atoms with E-state index in [1.54, 1.807) is 43.3 Å². The number of methoxy groups -OCH3 is 1. The van der Waals surface area contributed by atoms with Gasteiger partial charge in [-0.25, -0.2) is 23.4 Å². The van der Waals surface area contributed by atoms with Gasteiger partial charge in [-0.1, -0.05) is 0 Å². The van der Waals surface area contributed by atoms with E-state index in [1.807, 2.05) is 27.7 Å². The molecular formula is C24H33N7O6S. The molecule has 1 aliphatic rings. The number of aryl methyl sites for hydroxylation is 1. The van der Waals surface area contributed by atoms with Gasteiger partial charge in [-0.05, 0) is 46.2 Å². The van der Waals surface area contributed by atoms with Gasteiger partial charge in [0.05, 0.1) is 30.9 Å². The first-order chi connectivity index (χ1) is 18.2. The highest BCUT2D eigenvalue weighted by Crippen LogP contribution is 2.41. The van der Waals surface area contributed by atoms with Crippen molar-refractivity contribution >= 4 is 16.0 Å². The fourth-order valence-electron chi connectivity index (χ4n) is 4.05. The van der Waals surface area contributed by atoms with Gasteiger partial charge in [0.1, 0.15) is 18.0 Å². The molecule has 4 heterocycles. The summed E-state index contributed by atoms with van der Waals surface area (Å²) >= 11 is 0. The lowest BCUT2D eigenvalue weighted by Gasteiger charge is -2.26. The summed E-state index contributed by atoms with van der Waals surface area (Å²) < 4.78 is 54.7. The second-order valence-electron chi connectivity index (χ2n) is 9.14. The number of pyridine rings is 1. The minimum atomic E-state index is -4.06. The SMILES string of the molecule is CCOc1nccc2c1OC[C@@H](COC)n1c(NS(=O)(=O)[C@@H](C)[C@@H](OC(C)C)c3ncc(C)cn3)nnc1-2. The average Bonchev–Trinajstić information content (AvgIpc) is 3.20. The zero-order chi connectivity index (χ0) is 27.4. The van der Waals surface area contributed by atoms with Crippen LogP contribution in [0.5, 0.6) is 11.6 Å². The molecule has 3 aromatic rings. The second kappa shape index (κ2) is 11.6. The third-order valence-corrected chi connectivity index (χ3v) is 7.55. The molecule has 206 valence electrons. The van der Waals surface area contributed by atoms with Gasteiger partial charge >= 0.3 is 0 Å². The molecule has 38 heavy (non-hydrogen) atoms. The lowest BCUT2D eigenvalue weighted by Crippen LogP contribution is -2.35. The zero-order valence-corrected chi connectivity index (χ0v) is 23.1. The predicted molar refractivity (Wildman–Crippen MR) is 139 cm³/mol. The number of anilines is 1. The Bertz CT molecular complexity index is 1350. The van der Waals surface area contributed by atoms with Crippen LogP contribution in [0.1, 0.15) is 51.2 Å². The van der Waals surface area contributed by atoms with Crippen LogP contribution >= 0.6 is 0 Å². The van der Waals surface area contributed by atoms with Crippen molar-refractivity contribution in [3.8, 4) is 23.0 Å². The Kier molecular flexibility index (Phi) is 8.43. The molecule has 0 fully saturated rings. The first-order valence-corrected chi connectivity index (χ1v) is 13.8. The zero-order valence-electron chi connectivity index (χ0n) is 22.3. The Hall–Kier alpha value is -3.36. The fraction of sp³-hybridized carbons (Fsp3) is 0.542. The number of aromatic nitrogens is 6. The van der Waals surface area contributed by atoms with Gasteiger partial charge in [0.2, 0.25) is 16.0 Å². The topological polar surface area (TPSA) is 152 Å². The number of hydrogen-bond acceptors (Lipinski definition) is 11. The van der Waals surface area contributed by atoms with Gasteiger partial charge in [0, 0.05) is 25.7 Å². The van der Waals surface area contributed by atoms with Crippen LogP contribution in [0, 0.1) is 6.92 Å². The standard InChI is InChI=1S/C24H33N7O6S/c1-7-35-23-20-18(8-9-25-23)22-28-29-24(31(22)17(12-34-6)13-36-20)30-38(32,33)16(5)19(37-14(2)3)21-26-10-15(4)11-27-21/h8-11,14,16-17,19H,7,12-13H2,1-6H3,(H,29,30)/t16-,17+,19+/m0/s1. The molecule has 13 nitrogen and oxygen atoms in total. The quantitative estimate of drug-likeness (QED) is 0.377. The van der Waals surface area contributed by atoms with Gasteiger partial charge in [-0.2, -0.15) is 0 Å². The Balaban J connectivity index is 1.72. The summed E-state index contributed by atoms with van der Waals surface area (Å²) in [4.78, 5) is 12.9. The molecule has 0 bridgehead atoms. The van der Waals surface area contributed by atoms with E-state index < -0.39 is 27.4 Å². The number of hydrogen-bond donors (Lipinski definition) is 1. The minimum absolute atomic E-state index is 0.0215. The van der Waals surface area contributed by atoms with E-state index in [-0.39, 0.29) is 31.1 Å². The van der Waals surface area contributed by atoms with Gasteiger partial charge in [0.15, 0.2) is 17.4 Å². The summed E-state index contributed by atoms with van der Waals surface area (Å²) in [6.45, 7) is 9.66. The maximum atomic E-state index is 13.7. The lowest BCUT2D eigenvalue weighted by molar-refractivity contribution is 0.00152. The van der Waals surface area contributed by atoms with Crippen molar-refractivity contribution in [1.29, 1.82) is 0 Å². The number of fused-ring (bicyclic) bond motifs is 3.